The van der Waals surface area contributed by atoms with E-state index < -0.39 is 50.1 Å². The maximum Gasteiger partial charge on any atom is 0.416 e. The molecule has 0 saturated heterocycles. The summed E-state index contributed by atoms with van der Waals surface area (Å²) in [6, 6.07) is 7.43. The molecule has 1 aliphatic rings. The number of benzene rings is 2. The predicted octanol–water partition coefficient (Wildman–Crippen LogP) is 5.28. The summed E-state index contributed by atoms with van der Waals surface area (Å²) < 4.78 is 103. The van der Waals surface area contributed by atoms with Gasteiger partial charge in [-0.15, -0.1) is 0 Å². The highest BCUT2D eigenvalue weighted by Gasteiger charge is 2.37. The van der Waals surface area contributed by atoms with Gasteiger partial charge >= 0.3 is 6.18 Å². The first-order chi connectivity index (χ1) is 18.8. The minimum Gasteiger partial charge on any atom is -0.486 e. The van der Waals surface area contributed by atoms with E-state index in [0.29, 0.717) is 41.2 Å². The molecule has 213 valence electrons. The van der Waals surface area contributed by atoms with Gasteiger partial charge in [0.05, 0.1) is 5.56 Å². The highest BCUT2D eigenvalue weighted by molar-refractivity contribution is 7.94. The molecule has 1 fully saturated rings. The molecule has 0 spiro atoms. The molecule has 0 unspecified atom stereocenters. The molecular weight excluding hydrogens is 554 g/mol. The first kappa shape index (κ1) is 29.7. The molecule has 2 aromatic carbocycles. The van der Waals surface area contributed by atoms with E-state index in [9.17, 15) is 21.6 Å². The fourth-order valence-electron chi connectivity index (χ4n) is 4.95. The Morgan fingerprint density at radius 2 is 1.80 bits per heavy atom. The Morgan fingerprint density at radius 1 is 1.05 bits per heavy atom. The van der Waals surface area contributed by atoms with Gasteiger partial charge in [-0.25, -0.2) is 27.2 Å². The SMILES string of the molecule is C[B]N(c1ccncn1)S(=O)(=O)c1cc(F)c(O[C@H]2CC[C@H](c3cccc(C(F)(F)F)c3)C[C@@H]2N(C)C)cc1F. The van der Waals surface area contributed by atoms with Crippen LogP contribution in [0.25, 0.3) is 0 Å². The molecule has 40 heavy (non-hydrogen) atoms. The van der Waals surface area contributed by atoms with Gasteiger partial charge in [0.25, 0.3) is 17.4 Å². The fraction of sp³-hybridized carbons (Fsp3) is 0.385. The van der Waals surface area contributed by atoms with Crippen LogP contribution >= 0.6 is 0 Å². The number of ether oxygens (including phenoxy) is 1. The number of nitrogens with zero attached hydrogens (tertiary/aromatic N) is 4. The van der Waals surface area contributed by atoms with Crippen molar-refractivity contribution in [3.05, 3.63) is 77.8 Å². The molecule has 0 bridgehead atoms. The van der Waals surface area contributed by atoms with Crippen molar-refractivity contribution in [2.45, 2.75) is 55.2 Å². The number of sulfonamides is 1. The maximum absolute atomic E-state index is 15.2. The third kappa shape index (κ3) is 6.22. The Hall–Kier alpha value is -3.26. The highest BCUT2D eigenvalue weighted by Crippen LogP contribution is 2.39. The predicted molar refractivity (Wildman–Crippen MR) is 140 cm³/mol. The molecule has 14 heteroatoms. The van der Waals surface area contributed by atoms with Gasteiger partial charge in [-0.05, 0) is 57.0 Å². The van der Waals surface area contributed by atoms with E-state index in [2.05, 4.69) is 9.97 Å². The van der Waals surface area contributed by atoms with E-state index in [4.69, 9.17) is 4.74 Å². The number of aromatic nitrogens is 2. The lowest BCUT2D eigenvalue weighted by molar-refractivity contribution is -0.137. The van der Waals surface area contributed by atoms with Crippen molar-refractivity contribution in [2.75, 3.05) is 18.3 Å². The molecule has 3 aromatic rings. The summed E-state index contributed by atoms with van der Waals surface area (Å²) in [5.41, 5.74) is -0.177. The third-order valence-electron chi connectivity index (χ3n) is 6.93. The average Bonchev–Trinajstić information content (AvgIpc) is 2.91. The van der Waals surface area contributed by atoms with Crippen molar-refractivity contribution >= 4 is 23.3 Å². The van der Waals surface area contributed by atoms with Gasteiger partial charge in [-0.3, -0.25) is 0 Å². The zero-order chi connectivity index (χ0) is 29.2. The highest BCUT2D eigenvalue weighted by atomic mass is 32.2. The van der Waals surface area contributed by atoms with Crippen molar-refractivity contribution in [1.29, 1.82) is 0 Å². The van der Waals surface area contributed by atoms with Crippen molar-refractivity contribution in [2.24, 2.45) is 0 Å². The Bertz CT molecular complexity index is 1440. The van der Waals surface area contributed by atoms with Crippen LogP contribution in [0.15, 0.2) is 59.9 Å². The Morgan fingerprint density at radius 3 is 2.42 bits per heavy atom. The second kappa shape index (κ2) is 11.7. The lowest BCUT2D eigenvalue weighted by atomic mass is 9.79. The van der Waals surface area contributed by atoms with Crippen LogP contribution < -0.4 is 8.95 Å². The van der Waals surface area contributed by atoms with Crippen LogP contribution in [0.1, 0.15) is 36.3 Å². The first-order valence-corrected chi connectivity index (χ1v) is 13.9. The molecular formula is C26H27BF5N4O3S. The van der Waals surface area contributed by atoms with Crippen LogP contribution in [0, 0.1) is 11.6 Å². The van der Waals surface area contributed by atoms with Crippen molar-refractivity contribution in [1.82, 2.24) is 14.9 Å². The van der Waals surface area contributed by atoms with Crippen LogP contribution in [0.2, 0.25) is 6.82 Å². The van der Waals surface area contributed by atoms with Crippen LogP contribution in [0.5, 0.6) is 5.75 Å². The summed E-state index contributed by atoms with van der Waals surface area (Å²) in [6.07, 6.45) is -1.39. The number of likely N-dealkylation sites (N-methyl/N-ethyl adjacent to an activating group) is 1. The summed E-state index contributed by atoms with van der Waals surface area (Å²) in [4.78, 5) is 8.52. The van der Waals surface area contributed by atoms with Gasteiger partial charge in [0.15, 0.2) is 11.6 Å². The fourth-order valence-corrected chi connectivity index (χ4v) is 6.35. The van der Waals surface area contributed by atoms with E-state index in [1.807, 2.05) is 4.90 Å². The summed E-state index contributed by atoms with van der Waals surface area (Å²) in [5.74, 6) is -2.99. The molecule has 7 nitrogen and oxygen atoms in total. The van der Waals surface area contributed by atoms with Crippen LogP contribution in [-0.4, -0.2) is 56.9 Å². The molecule has 1 saturated carbocycles. The molecule has 1 heterocycles. The molecule has 1 radical (unpaired) electrons. The Balaban J connectivity index is 1.56. The molecule has 0 aliphatic heterocycles. The molecule has 1 aliphatic carbocycles. The van der Waals surface area contributed by atoms with Gasteiger partial charge in [0, 0.05) is 24.4 Å². The van der Waals surface area contributed by atoms with E-state index >= 15 is 8.78 Å². The number of hydrogen-bond acceptors (Lipinski definition) is 6. The minimum atomic E-state index is -4.55. The minimum absolute atomic E-state index is 0.0519. The second-order valence-corrected chi connectivity index (χ2v) is 11.4. The van der Waals surface area contributed by atoms with Gasteiger partial charge < -0.3 is 13.9 Å². The van der Waals surface area contributed by atoms with Gasteiger partial charge in [0.1, 0.15) is 29.0 Å². The zero-order valence-corrected chi connectivity index (χ0v) is 22.8. The molecule has 1 aromatic heterocycles. The number of rotatable bonds is 8. The number of halogens is 5. The monoisotopic (exact) mass is 581 g/mol. The largest absolute Gasteiger partial charge is 0.486 e. The first-order valence-electron chi connectivity index (χ1n) is 12.4. The van der Waals surface area contributed by atoms with Gasteiger partial charge in [-0.2, -0.15) is 13.2 Å². The normalized spacial score (nSPS) is 19.9. The number of hydrogen-bond donors (Lipinski definition) is 0. The van der Waals surface area contributed by atoms with Crippen molar-refractivity contribution < 1.29 is 35.1 Å². The van der Waals surface area contributed by atoms with Gasteiger partial charge in [-0.1, -0.05) is 25.0 Å². The standard InChI is InChI=1S/C26H27BF5N4O3S/c1-27-36(25-9-10-33-15-34-25)40(37,38)24-14-19(28)23(13-20(24)29)39-22-8-7-17(12-21(22)35(2)3)16-5-4-6-18(11-16)26(30,31)32/h4-6,9-11,13-15,17,21-22H,7-8,12H2,1-3H3/t17-,21-,22-/m0/s1. The number of anilines is 1. The topological polar surface area (TPSA) is 75.6 Å². The van der Waals surface area contributed by atoms with E-state index in [1.165, 1.54) is 25.2 Å². The second-order valence-electron chi connectivity index (χ2n) is 9.66. The number of alkyl halides is 3. The quantitative estimate of drug-likeness (QED) is 0.266. The molecule has 3 atom stereocenters. The molecule has 0 N–H and O–H groups in total. The van der Waals surface area contributed by atoms with Crippen molar-refractivity contribution in [3.8, 4) is 5.75 Å². The van der Waals surface area contributed by atoms with E-state index in [0.717, 1.165) is 25.9 Å². The van der Waals surface area contributed by atoms with Crippen molar-refractivity contribution in [3.63, 3.8) is 0 Å². The smallest absolute Gasteiger partial charge is 0.416 e. The summed E-state index contributed by atoms with van der Waals surface area (Å²) in [7, 11) is 0.140. The van der Waals surface area contributed by atoms with Crippen LogP contribution in [0.3, 0.4) is 0 Å². The summed E-state index contributed by atoms with van der Waals surface area (Å²) in [5, 5.41) is 0. The summed E-state index contributed by atoms with van der Waals surface area (Å²) in [6.45, 7) is 1.41. The Kier molecular flexibility index (Phi) is 8.69. The lowest BCUT2D eigenvalue weighted by Crippen LogP contribution is -2.46. The van der Waals surface area contributed by atoms with Crippen LogP contribution in [0.4, 0.5) is 27.8 Å². The van der Waals surface area contributed by atoms with E-state index in [1.54, 1.807) is 20.2 Å². The third-order valence-corrected chi connectivity index (χ3v) is 8.72. The molecule has 0 amide bonds. The maximum atomic E-state index is 15.2. The van der Waals surface area contributed by atoms with Crippen LogP contribution in [-0.2, 0) is 16.2 Å². The Labute approximate surface area is 230 Å². The lowest BCUT2D eigenvalue weighted by Gasteiger charge is -2.40. The molecule has 4 rings (SSSR count). The van der Waals surface area contributed by atoms with E-state index in [-0.39, 0.29) is 17.8 Å². The zero-order valence-electron chi connectivity index (χ0n) is 21.9. The average molecular weight is 581 g/mol. The van der Waals surface area contributed by atoms with Gasteiger partial charge in [0.2, 0.25) is 0 Å². The summed E-state index contributed by atoms with van der Waals surface area (Å²) >= 11 is 0.